The van der Waals surface area contributed by atoms with Crippen molar-refractivity contribution in [3.05, 3.63) is 0 Å². The molecule has 19 heavy (non-hydrogen) atoms. The highest BCUT2D eigenvalue weighted by Gasteiger charge is 2.27. The first-order valence-electron chi connectivity index (χ1n) is 7.26. The van der Waals surface area contributed by atoms with Gasteiger partial charge >= 0.3 is 5.97 Å². The van der Waals surface area contributed by atoms with E-state index in [0.29, 0.717) is 18.9 Å². The largest absolute Gasteiger partial charge is 0.481 e. The van der Waals surface area contributed by atoms with E-state index >= 15 is 0 Å². The number of likely N-dealkylation sites (tertiary alicyclic amines) is 1. The van der Waals surface area contributed by atoms with Crippen LogP contribution < -0.4 is 0 Å². The molecule has 1 aliphatic heterocycles. The summed E-state index contributed by atoms with van der Waals surface area (Å²) in [4.78, 5) is 24.6. The molecule has 2 aliphatic rings. The first-order valence-corrected chi connectivity index (χ1v) is 7.26. The van der Waals surface area contributed by atoms with E-state index in [9.17, 15) is 9.59 Å². The van der Waals surface area contributed by atoms with Gasteiger partial charge in [-0.25, -0.2) is 0 Å². The van der Waals surface area contributed by atoms with Crippen molar-refractivity contribution in [3.63, 3.8) is 0 Å². The summed E-state index contributed by atoms with van der Waals surface area (Å²) in [7, 11) is 0. The van der Waals surface area contributed by atoms with Crippen LogP contribution >= 0.6 is 0 Å². The molecular weight excluding hydrogens is 246 g/mol. The number of ether oxygens (including phenoxy) is 1. The number of rotatable bonds is 7. The third-order valence-electron chi connectivity index (χ3n) is 3.91. The number of carbonyl (C=O) groups excluding carboxylic acids is 1. The van der Waals surface area contributed by atoms with E-state index in [4.69, 9.17) is 9.84 Å². The zero-order valence-corrected chi connectivity index (χ0v) is 11.3. The van der Waals surface area contributed by atoms with Gasteiger partial charge in [-0.3, -0.25) is 9.59 Å². The number of amides is 1. The quantitative estimate of drug-likeness (QED) is 0.763. The Labute approximate surface area is 113 Å². The fraction of sp³-hybridized carbons (Fsp3) is 0.857. The molecule has 2 rings (SSSR count). The number of carbonyl (C=O) groups is 2. The van der Waals surface area contributed by atoms with E-state index in [-0.39, 0.29) is 25.0 Å². The first kappa shape index (κ1) is 14.3. The van der Waals surface area contributed by atoms with Crippen LogP contribution in [-0.4, -0.2) is 47.7 Å². The molecule has 0 radical (unpaired) electrons. The minimum atomic E-state index is -0.789. The van der Waals surface area contributed by atoms with Gasteiger partial charge in [-0.1, -0.05) is 0 Å². The van der Waals surface area contributed by atoms with E-state index in [2.05, 4.69) is 0 Å². The van der Waals surface area contributed by atoms with Gasteiger partial charge in [-0.15, -0.1) is 0 Å². The van der Waals surface area contributed by atoms with Gasteiger partial charge in [0.15, 0.2) is 0 Å². The van der Waals surface area contributed by atoms with E-state index in [1.165, 1.54) is 12.8 Å². The Morgan fingerprint density at radius 2 is 2.00 bits per heavy atom. The maximum Gasteiger partial charge on any atom is 0.303 e. The Bertz CT molecular complexity index is 327. The van der Waals surface area contributed by atoms with Crippen molar-refractivity contribution in [1.29, 1.82) is 0 Å². The molecule has 108 valence electrons. The third-order valence-corrected chi connectivity index (χ3v) is 3.91. The maximum absolute atomic E-state index is 12.1. The van der Waals surface area contributed by atoms with Crippen molar-refractivity contribution in [1.82, 2.24) is 4.90 Å². The van der Waals surface area contributed by atoms with Gasteiger partial charge < -0.3 is 14.7 Å². The normalized spacial score (nSPS) is 23.4. The molecule has 0 bridgehead atoms. The fourth-order valence-electron chi connectivity index (χ4n) is 2.60. The molecule has 1 N–H and O–H groups in total. The molecule has 1 saturated carbocycles. The Balaban J connectivity index is 1.75. The Hall–Kier alpha value is -1.10. The molecule has 1 aliphatic carbocycles. The highest BCUT2D eigenvalue weighted by molar-refractivity contribution is 5.78. The molecule has 1 saturated heterocycles. The summed E-state index contributed by atoms with van der Waals surface area (Å²) in [5, 5.41) is 8.75. The molecule has 5 heteroatoms. The monoisotopic (exact) mass is 269 g/mol. The highest BCUT2D eigenvalue weighted by atomic mass is 16.5. The zero-order valence-electron chi connectivity index (χ0n) is 11.3. The average Bonchev–Trinajstić information content (AvgIpc) is 3.20. The van der Waals surface area contributed by atoms with Crippen LogP contribution in [0.1, 0.15) is 44.9 Å². The highest BCUT2D eigenvalue weighted by Crippen LogP contribution is 2.28. The van der Waals surface area contributed by atoms with Crippen LogP contribution in [0.15, 0.2) is 0 Å². The van der Waals surface area contributed by atoms with Crippen LogP contribution in [0.4, 0.5) is 0 Å². The summed E-state index contributed by atoms with van der Waals surface area (Å²) in [6, 6.07) is 0.0851. The van der Waals surface area contributed by atoms with Crippen molar-refractivity contribution < 1.29 is 19.4 Å². The molecule has 0 aromatic rings. The van der Waals surface area contributed by atoms with Gasteiger partial charge in [0.2, 0.25) is 5.91 Å². The molecule has 0 aromatic carbocycles. The lowest BCUT2D eigenvalue weighted by Gasteiger charge is -2.35. The number of aliphatic carboxylic acids is 1. The number of carboxylic acid groups (broad SMARTS) is 1. The summed E-state index contributed by atoms with van der Waals surface area (Å²) < 4.78 is 5.44. The number of carboxylic acids is 1. The van der Waals surface area contributed by atoms with Gasteiger partial charge in [0.1, 0.15) is 6.61 Å². The van der Waals surface area contributed by atoms with E-state index in [1.54, 1.807) is 0 Å². The number of hydrogen-bond donors (Lipinski definition) is 1. The lowest BCUT2D eigenvalue weighted by Crippen LogP contribution is -2.45. The molecule has 0 aromatic heterocycles. The lowest BCUT2D eigenvalue weighted by atomic mass is 9.98. The van der Waals surface area contributed by atoms with Crippen LogP contribution in [-0.2, 0) is 14.3 Å². The summed E-state index contributed by atoms with van der Waals surface area (Å²) in [6.07, 6.45) is 6.15. The summed E-state index contributed by atoms with van der Waals surface area (Å²) >= 11 is 0. The van der Waals surface area contributed by atoms with Crippen LogP contribution in [0.3, 0.4) is 0 Å². The van der Waals surface area contributed by atoms with Crippen molar-refractivity contribution in [2.75, 3.05) is 19.8 Å². The second-order valence-corrected chi connectivity index (χ2v) is 5.63. The van der Waals surface area contributed by atoms with E-state index < -0.39 is 5.97 Å². The van der Waals surface area contributed by atoms with Gasteiger partial charge in [-0.05, 0) is 44.4 Å². The van der Waals surface area contributed by atoms with Crippen molar-refractivity contribution in [2.45, 2.75) is 51.0 Å². The average molecular weight is 269 g/mol. The molecule has 1 amide bonds. The Morgan fingerprint density at radius 3 is 2.68 bits per heavy atom. The zero-order chi connectivity index (χ0) is 13.7. The number of nitrogens with zero attached hydrogens (tertiary/aromatic N) is 1. The summed E-state index contributed by atoms with van der Waals surface area (Å²) in [5.74, 6) is -0.101. The molecule has 5 nitrogen and oxygen atoms in total. The van der Waals surface area contributed by atoms with Gasteiger partial charge in [0.25, 0.3) is 0 Å². The summed E-state index contributed by atoms with van der Waals surface area (Å²) in [5.41, 5.74) is 0. The van der Waals surface area contributed by atoms with Gasteiger partial charge in [0, 0.05) is 19.0 Å². The Morgan fingerprint density at radius 1 is 1.21 bits per heavy atom. The van der Waals surface area contributed by atoms with E-state index in [1.807, 2.05) is 4.90 Å². The molecule has 1 unspecified atom stereocenters. The topological polar surface area (TPSA) is 66.8 Å². The van der Waals surface area contributed by atoms with Crippen LogP contribution in [0.5, 0.6) is 0 Å². The second kappa shape index (κ2) is 6.89. The number of hydrogen-bond acceptors (Lipinski definition) is 3. The standard InChI is InChI=1S/C14H23NO4/c16-13(10-19-9-11-4-5-11)15-8-2-1-3-12(15)6-7-14(17)18/h11-12H,1-10H2,(H,17,18). The maximum atomic E-state index is 12.1. The predicted molar refractivity (Wildman–Crippen MR) is 69.8 cm³/mol. The SMILES string of the molecule is O=C(O)CCC1CCCCN1C(=O)COCC1CC1. The van der Waals surface area contributed by atoms with Gasteiger partial charge in [-0.2, -0.15) is 0 Å². The first-order chi connectivity index (χ1) is 9.16. The minimum Gasteiger partial charge on any atom is -0.481 e. The van der Waals surface area contributed by atoms with Crippen LogP contribution in [0, 0.1) is 5.92 Å². The predicted octanol–water partition coefficient (Wildman–Crippen LogP) is 1.66. The molecule has 2 fully saturated rings. The van der Waals surface area contributed by atoms with Crippen LogP contribution in [0.2, 0.25) is 0 Å². The minimum absolute atomic E-state index is 0.0238. The lowest BCUT2D eigenvalue weighted by molar-refractivity contribution is -0.142. The molecular formula is C14H23NO4. The Kier molecular flexibility index (Phi) is 5.19. The van der Waals surface area contributed by atoms with E-state index in [0.717, 1.165) is 25.8 Å². The smallest absolute Gasteiger partial charge is 0.303 e. The third kappa shape index (κ3) is 4.82. The summed E-state index contributed by atoms with van der Waals surface area (Å²) in [6.45, 7) is 1.59. The number of piperidine rings is 1. The van der Waals surface area contributed by atoms with Gasteiger partial charge in [0.05, 0.1) is 6.61 Å². The molecule has 1 atom stereocenters. The molecule has 1 heterocycles. The molecule has 0 spiro atoms. The van der Waals surface area contributed by atoms with Crippen LogP contribution in [0.25, 0.3) is 0 Å². The fourth-order valence-corrected chi connectivity index (χ4v) is 2.60. The van der Waals surface area contributed by atoms with Crippen molar-refractivity contribution in [2.24, 2.45) is 5.92 Å². The second-order valence-electron chi connectivity index (χ2n) is 5.63. The van der Waals surface area contributed by atoms with Crippen molar-refractivity contribution in [3.8, 4) is 0 Å². The van der Waals surface area contributed by atoms with Crippen molar-refractivity contribution >= 4 is 11.9 Å².